The zero-order valence-electron chi connectivity index (χ0n) is 16.3. The monoisotopic (exact) mass is 401 g/mol. The van der Waals surface area contributed by atoms with Crippen molar-refractivity contribution < 1.29 is 14.3 Å². The van der Waals surface area contributed by atoms with Gasteiger partial charge in [-0.3, -0.25) is 0 Å². The van der Waals surface area contributed by atoms with Crippen LogP contribution in [0.25, 0.3) is 5.13 Å². The molecule has 0 saturated carbocycles. The smallest absolute Gasteiger partial charge is 0.319 e. The Morgan fingerprint density at radius 1 is 1.18 bits per heavy atom. The van der Waals surface area contributed by atoms with Crippen molar-refractivity contribution in [2.45, 2.75) is 20.3 Å². The number of ether oxygens (including phenoxy) is 2. The SMILES string of the molecule is COc1ccc(NC(=O)NCCc2csc(-n3nc(C)cc3C)n2)cc1OC. The van der Waals surface area contributed by atoms with Crippen molar-refractivity contribution in [1.29, 1.82) is 0 Å². The average Bonchev–Trinajstić information content (AvgIpc) is 3.27. The third kappa shape index (κ3) is 4.61. The number of aryl methyl sites for hydroxylation is 2. The number of urea groups is 1. The Morgan fingerprint density at radius 2 is 1.96 bits per heavy atom. The van der Waals surface area contributed by atoms with Gasteiger partial charge in [-0.15, -0.1) is 11.3 Å². The summed E-state index contributed by atoms with van der Waals surface area (Å²) >= 11 is 1.53. The number of carbonyl (C=O) groups is 1. The van der Waals surface area contributed by atoms with Crippen LogP contribution in [0, 0.1) is 13.8 Å². The van der Waals surface area contributed by atoms with Crippen molar-refractivity contribution in [3.8, 4) is 16.6 Å². The summed E-state index contributed by atoms with van der Waals surface area (Å²) in [5.41, 5.74) is 3.54. The lowest BCUT2D eigenvalue weighted by Gasteiger charge is -2.11. The molecule has 0 atom stereocenters. The fourth-order valence-corrected chi connectivity index (χ4v) is 3.59. The lowest BCUT2D eigenvalue weighted by molar-refractivity contribution is 0.252. The number of aromatic nitrogens is 3. The fourth-order valence-electron chi connectivity index (χ4n) is 2.72. The Hall–Kier alpha value is -3.07. The molecule has 0 fully saturated rings. The molecule has 0 aliphatic heterocycles. The van der Waals surface area contributed by atoms with Gasteiger partial charge >= 0.3 is 6.03 Å². The molecule has 0 radical (unpaired) electrons. The van der Waals surface area contributed by atoms with Crippen molar-refractivity contribution in [3.63, 3.8) is 0 Å². The number of nitrogens with one attached hydrogen (secondary N) is 2. The van der Waals surface area contributed by atoms with Crippen LogP contribution in [0.3, 0.4) is 0 Å². The van der Waals surface area contributed by atoms with Crippen molar-refractivity contribution in [2.24, 2.45) is 0 Å². The van der Waals surface area contributed by atoms with E-state index in [0.29, 0.717) is 30.2 Å². The summed E-state index contributed by atoms with van der Waals surface area (Å²) in [6, 6.07) is 6.92. The van der Waals surface area contributed by atoms with Crippen LogP contribution in [0.15, 0.2) is 29.6 Å². The summed E-state index contributed by atoms with van der Waals surface area (Å²) < 4.78 is 12.3. The highest BCUT2D eigenvalue weighted by Gasteiger charge is 2.10. The number of hydrogen-bond donors (Lipinski definition) is 2. The molecule has 0 aliphatic rings. The Balaban J connectivity index is 1.51. The highest BCUT2D eigenvalue weighted by atomic mass is 32.1. The summed E-state index contributed by atoms with van der Waals surface area (Å²) in [5.74, 6) is 1.16. The van der Waals surface area contributed by atoms with Gasteiger partial charge in [0.15, 0.2) is 11.5 Å². The Morgan fingerprint density at radius 3 is 2.64 bits per heavy atom. The first-order chi connectivity index (χ1) is 13.5. The van der Waals surface area contributed by atoms with Crippen molar-refractivity contribution in [1.82, 2.24) is 20.1 Å². The van der Waals surface area contributed by atoms with Gasteiger partial charge < -0.3 is 20.1 Å². The number of rotatable bonds is 7. The van der Waals surface area contributed by atoms with Crippen molar-refractivity contribution >= 4 is 23.1 Å². The number of amides is 2. The largest absolute Gasteiger partial charge is 0.493 e. The number of nitrogens with zero attached hydrogens (tertiary/aromatic N) is 3. The van der Waals surface area contributed by atoms with Gasteiger partial charge in [0.05, 0.1) is 25.6 Å². The molecular weight excluding hydrogens is 378 g/mol. The van der Waals surface area contributed by atoms with Crippen molar-refractivity contribution in [3.05, 3.63) is 46.7 Å². The van der Waals surface area contributed by atoms with Gasteiger partial charge in [0.1, 0.15) is 0 Å². The lowest BCUT2D eigenvalue weighted by Crippen LogP contribution is -2.30. The fraction of sp³-hybridized carbons (Fsp3) is 0.316. The van der Waals surface area contributed by atoms with Crippen LogP contribution >= 0.6 is 11.3 Å². The third-order valence-electron chi connectivity index (χ3n) is 4.04. The van der Waals surface area contributed by atoms with E-state index in [1.54, 1.807) is 32.4 Å². The zero-order chi connectivity index (χ0) is 20.1. The second kappa shape index (κ2) is 8.75. The standard InChI is InChI=1S/C19H23N5O3S/c1-12-9-13(2)24(23-12)19-22-15(11-28-19)7-8-20-18(25)21-14-5-6-16(26-3)17(10-14)27-4/h5-6,9-11H,7-8H2,1-4H3,(H2,20,21,25). The Kier molecular flexibility index (Phi) is 6.15. The summed E-state index contributed by atoms with van der Waals surface area (Å²) in [5, 5.41) is 12.9. The van der Waals surface area contributed by atoms with E-state index in [-0.39, 0.29) is 6.03 Å². The molecular formula is C19H23N5O3S. The second-order valence-electron chi connectivity index (χ2n) is 6.16. The molecule has 1 aromatic carbocycles. The average molecular weight is 401 g/mol. The van der Waals surface area contributed by atoms with Crippen LogP contribution in [-0.2, 0) is 6.42 Å². The Labute approximate surface area is 167 Å². The van der Waals surface area contributed by atoms with E-state index < -0.39 is 0 Å². The normalized spacial score (nSPS) is 10.6. The predicted molar refractivity (Wildman–Crippen MR) is 109 cm³/mol. The maximum absolute atomic E-state index is 12.1. The van der Waals surface area contributed by atoms with Gasteiger partial charge in [-0.05, 0) is 32.0 Å². The zero-order valence-corrected chi connectivity index (χ0v) is 17.1. The van der Waals surface area contributed by atoms with E-state index in [4.69, 9.17) is 9.47 Å². The molecule has 2 heterocycles. The van der Waals surface area contributed by atoms with Crippen LogP contribution in [0.2, 0.25) is 0 Å². The summed E-state index contributed by atoms with van der Waals surface area (Å²) in [4.78, 5) is 16.7. The molecule has 2 N–H and O–H groups in total. The minimum absolute atomic E-state index is 0.291. The van der Waals surface area contributed by atoms with Crippen LogP contribution in [-0.4, -0.2) is 41.6 Å². The van der Waals surface area contributed by atoms with E-state index in [0.717, 1.165) is 22.2 Å². The van der Waals surface area contributed by atoms with Gasteiger partial charge in [-0.25, -0.2) is 14.5 Å². The highest BCUT2D eigenvalue weighted by molar-refractivity contribution is 7.12. The summed E-state index contributed by atoms with van der Waals surface area (Å²) in [7, 11) is 3.12. The quantitative estimate of drug-likeness (QED) is 0.634. The topological polar surface area (TPSA) is 90.3 Å². The van der Waals surface area contributed by atoms with E-state index in [2.05, 4.69) is 20.7 Å². The summed E-state index contributed by atoms with van der Waals surface area (Å²) in [6.07, 6.45) is 0.634. The molecule has 2 aromatic heterocycles. The number of carbonyl (C=O) groups excluding carboxylic acids is 1. The van der Waals surface area contributed by atoms with E-state index in [1.807, 2.05) is 30.0 Å². The number of benzene rings is 1. The van der Waals surface area contributed by atoms with Gasteiger partial charge in [0, 0.05) is 35.8 Å². The summed E-state index contributed by atoms with van der Waals surface area (Å²) in [6.45, 7) is 4.43. The number of hydrogen-bond acceptors (Lipinski definition) is 6. The molecule has 8 nitrogen and oxygen atoms in total. The minimum Gasteiger partial charge on any atom is -0.493 e. The number of methoxy groups -OCH3 is 2. The van der Waals surface area contributed by atoms with E-state index >= 15 is 0 Å². The molecule has 28 heavy (non-hydrogen) atoms. The molecule has 2 amide bonds. The van der Waals surface area contributed by atoms with Gasteiger partial charge in [-0.1, -0.05) is 0 Å². The van der Waals surface area contributed by atoms with Crippen LogP contribution in [0.5, 0.6) is 11.5 Å². The first-order valence-corrected chi connectivity index (χ1v) is 9.63. The third-order valence-corrected chi connectivity index (χ3v) is 4.90. The molecule has 9 heteroatoms. The molecule has 3 aromatic rings. The molecule has 0 bridgehead atoms. The minimum atomic E-state index is -0.291. The van der Waals surface area contributed by atoms with Gasteiger partial charge in [0.25, 0.3) is 0 Å². The first kappa shape index (κ1) is 19.7. The van der Waals surface area contributed by atoms with Gasteiger partial charge in [0.2, 0.25) is 5.13 Å². The lowest BCUT2D eigenvalue weighted by atomic mass is 10.3. The molecule has 0 saturated heterocycles. The molecule has 0 spiro atoms. The highest BCUT2D eigenvalue weighted by Crippen LogP contribution is 2.29. The predicted octanol–water partition coefficient (Wildman–Crippen LogP) is 3.33. The Bertz CT molecular complexity index is 966. The molecule has 0 aliphatic carbocycles. The second-order valence-corrected chi connectivity index (χ2v) is 7.00. The van der Waals surface area contributed by atoms with Crippen LogP contribution in [0.4, 0.5) is 10.5 Å². The van der Waals surface area contributed by atoms with Gasteiger partial charge in [-0.2, -0.15) is 5.10 Å². The maximum Gasteiger partial charge on any atom is 0.319 e. The molecule has 0 unspecified atom stereocenters. The van der Waals surface area contributed by atoms with Crippen LogP contribution < -0.4 is 20.1 Å². The number of thiazole rings is 1. The first-order valence-electron chi connectivity index (χ1n) is 8.75. The van der Waals surface area contributed by atoms with Crippen LogP contribution in [0.1, 0.15) is 17.1 Å². The number of anilines is 1. The van der Waals surface area contributed by atoms with Crippen molar-refractivity contribution in [2.75, 3.05) is 26.1 Å². The maximum atomic E-state index is 12.1. The molecule has 148 valence electrons. The van der Waals surface area contributed by atoms with E-state index in [1.165, 1.54) is 11.3 Å². The molecule has 3 rings (SSSR count). The van der Waals surface area contributed by atoms with E-state index in [9.17, 15) is 4.79 Å².